The molecule has 4 aromatic carbocycles. The van der Waals surface area contributed by atoms with Crippen LogP contribution in [0.4, 0.5) is 0 Å². The maximum Gasteiger partial charge on any atom is 0.0124 e. The molecule has 0 heteroatoms. The Kier molecular flexibility index (Phi) is 7.00. The quantitative estimate of drug-likeness (QED) is 0.186. The Morgan fingerprint density at radius 2 is 1.32 bits per heavy atom. The van der Waals surface area contributed by atoms with Crippen molar-refractivity contribution in [3.63, 3.8) is 0 Å². The van der Waals surface area contributed by atoms with E-state index in [1.165, 1.54) is 77.6 Å². The molecule has 272 valence electrons. The molecular formula is C53H60. The fourth-order valence-corrected chi connectivity index (χ4v) is 11.1. The summed E-state index contributed by atoms with van der Waals surface area (Å²) in [4.78, 5) is 0. The number of hydrogen-bond donors (Lipinski definition) is 0. The number of hydrogen-bond acceptors (Lipinski definition) is 0. The molecule has 3 atom stereocenters. The summed E-state index contributed by atoms with van der Waals surface area (Å²) in [6, 6.07) is 22.5. The van der Waals surface area contributed by atoms with Gasteiger partial charge in [0, 0.05) is 16.7 Å². The van der Waals surface area contributed by atoms with Crippen LogP contribution in [0, 0.1) is 17.3 Å². The molecule has 0 heterocycles. The highest BCUT2D eigenvalue weighted by Crippen LogP contribution is 2.61. The maximum absolute atomic E-state index is 2.60. The molecule has 9 rings (SSSR count). The van der Waals surface area contributed by atoms with Crippen molar-refractivity contribution < 1.29 is 0 Å². The maximum atomic E-state index is 2.60. The summed E-state index contributed by atoms with van der Waals surface area (Å²) in [5.41, 5.74) is 22.4. The Labute approximate surface area is 320 Å². The fraction of sp³-hybridized carbons (Fsp3) is 0.434. The highest BCUT2D eigenvalue weighted by Gasteiger charge is 2.48. The second-order valence-electron chi connectivity index (χ2n) is 21.5. The van der Waals surface area contributed by atoms with Gasteiger partial charge in [-0.15, -0.1) is 0 Å². The number of allylic oxidation sites excluding steroid dienone is 6. The number of rotatable bonds is 1. The van der Waals surface area contributed by atoms with Gasteiger partial charge >= 0.3 is 0 Å². The summed E-state index contributed by atoms with van der Waals surface area (Å²) in [6.45, 7) is 33.8. The molecule has 0 radical (unpaired) electrons. The van der Waals surface area contributed by atoms with E-state index >= 15 is 0 Å². The first-order valence-electron chi connectivity index (χ1n) is 20.4. The fourth-order valence-electron chi connectivity index (χ4n) is 11.1. The SMILES string of the molecule is CC1C2=C(c3ccc(-c4cc(C(C)(C)C)cc5c4C4=C(CC(C(C)(C)C)C=C4)C5(C)C)cc3C2(C)C)c2ccc3cc(C(C)(C)C)cc4c3c2C1C=C4. The molecule has 0 N–H and O–H groups in total. The Morgan fingerprint density at radius 1 is 0.642 bits per heavy atom. The molecule has 3 unspecified atom stereocenters. The van der Waals surface area contributed by atoms with Crippen LogP contribution in [0.5, 0.6) is 0 Å². The molecule has 0 saturated carbocycles. The Morgan fingerprint density at radius 3 is 2.00 bits per heavy atom. The number of benzene rings is 4. The van der Waals surface area contributed by atoms with Gasteiger partial charge in [-0.2, -0.15) is 0 Å². The summed E-state index contributed by atoms with van der Waals surface area (Å²) in [5, 5.41) is 2.86. The third kappa shape index (κ3) is 4.79. The molecule has 0 fully saturated rings. The van der Waals surface area contributed by atoms with Crippen molar-refractivity contribution in [2.75, 3.05) is 0 Å². The summed E-state index contributed by atoms with van der Waals surface area (Å²) < 4.78 is 0. The molecule has 0 nitrogen and oxygen atoms in total. The van der Waals surface area contributed by atoms with Crippen molar-refractivity contribution in [1.82, 2.24) is 0 Å². The molecule has 0 spiro atoms. The zero-order chi connectivity index (χ0) is 37.9. The van der Waals surface area contributed by atoms with Crippen molar-refractivity contribution in [3.05, 3.63) is 134 Å². The molecule has 0 aliphatic heterocycles. The minimum atomic E-state index is -0.0733. The lowest BCUT2D eigenvalue weighted by Gasteiger charge is -2.39. The zero-order valence-electron chi connectivity index (χ0n) is 34.9. The van der Waals surface area contributed by atoms with Gasteiger partial charge < -0.3 is 0 Å². The summed E-state index contributed by atoms with van der Waals surface area (Å²) >= 11 is 0. The predicted molar refractivity (Wildman–Crippen MR) is 230 cm³/mol. The molecule has 0 saturated heterocycles. The first-order valence-corrected chi connectivity index (χ1v) is 20.4. The van der Waals surface area contributed by atoms with Gasteiger partial charge in [-0.1, -0.05) is 169 Å². The first kappa shape index (κ1) is 34.8. The molecule has 5 aliphatic rings. The van der Waals surface area contributed by atoms with E-state index in [9.17, 15) is 0 Å². The molecule has 0 aromatic heterocycles. The van der Waals surface area contributed by atoms with Crippen LogP contribution in [0.15, 0.2) is 84.0 Å². The van der Waals surface area contributed by atoms with E-state index in [2.05, 4.69) is 176 Å². The van der Waals surface area contributed by atoms with Gasteiger partial charge in [-0.05, 0) is 135 Å². The van der Waals surface area contributed by atoms with Crippen LogP contribution in [0.2, 0.25) is 0 Å². The average Bonchev–Trinajstić information content (AvgIpc) is 3.45. The van der Waals surface area contributed by atoms with Crippen molar-refractivity contribution in [2.24, 2.45) is 17.3 Å². The van der Waals surface area contributed by atoms with Crippen molar-refractivity contribution in [3.8, 4) is 11.1 Å². The van der Waals surface area contributed by atoms with Crippen molar-refractivity contribution >= 4 is 28.0 Å². The second kappa shape index (κ2) is 10.6. The van der Waals surface area contributed by atoms with Crippen molar-refractivity contribution in [2.45, 2.75) is 131 Å². The van der Waals surface area contributed by atoms with E-state index in [4.69, 9.17) is 0 Å². The van der Waals surface area contributed by atoms with E-state index in [0.717, 1.165) is 6.42 Å². The van der Waals surface area contributed by atoms with E-state index in [1.54, 1.807) is 16.7 Å². The molecular weight excluding hydrogens is 637 g/mol. The van der Waals surface area contributed by atoms with Gasteiger partial charge in [0.05, 0.1) is 0 Å². The van der Waals surface area contributed by atoms with Crippen LogP contribution < -0.4 is 0 Å². The normalized spacial score (nSPS) is 23.4. The highest BCUT2D eigenvalue weighted by atomic mass is 14.5. The van der Waals surface area contributed by atoms with Gasteiger partial charge in [-0.25, -0.2) is 0 Å². The van der Waals surface area contributed by atoms with E-state index in [0.29, 0.717) is 17.8 Å². The molecule has 53 heavy (non-hydrogen) atoms. The van der Waals surface area contributed by atoms with Crippen LogP contribution >= 0.6 is 0 Å². The first-order chi connectivity index (χ1) is 24.6. The monoisotopic (exact) mass is 696 g/mol. The second-order valence-corrected chi connectivity index (χ2v) is 21.5. The molecule has 5 aliphatic carbocycles. The lowest BCUT2D eigenvalue weighted by Crippen LogP contribution is -2.28. The van der Waals surface area contributed by atoms with Gasteiger partial charge in [0.1, 0.15) is 0 Å². The minimum Gasteiger partial charge on any atom is -0.0800 e. The Hall–Kier alpha value is -3.90. The van der Waals surface area contributed by atoms with E-state index in [-0.39, 0.29) is 27.1 Å². The van der Waals surface area contributed by atoms with Gasteiger partial charge in [0.15, 0.2) is 0 Å². The summed E-state index contributed by atoms with van der Waals surface area (Å²) in [6.07, 6.45) is 11.1. The lowest BCUT2D eigenvalue weighted by atomic mass is 9.64. The highest BCUT2D eigenvalue weighted by molar-refractivity contribution is 6.04. The van der Waals surface area contributed by atoms with Gasteiger partial charge in [0.2, 0.25) is 0 Å². The predicted octanol–water partition coefficient (Wildman–Crippen LogP) is 14.6. The van der Waals surface area contributed by atoms with Gasteiger partial charge in [0.25, 0.3) is 0 Å². The van der Waals surface area contributed by atoms with Crippen LogP contribution in [0.25, 0.3) is 39.1 Å². The third-order valence-corrected chi connectivity index (χ3v) is 14.4. The third-order valence-electron chi connectivity index (χ3n) is 14.4. The van der Waals surface area contributed by atoms with Crippen LogP contribution in [-0.4, -0.2) is 0 Å². The molecule has 0 bridgehead atoms. The summed E-state index contributed by atoms with van der Waals surface area (Å²) in [7, 11) is 0. The lowest BCUT2D eigenvalue weighted by molar-refractivity contribution is 0.283. The summed E-state index contributed by atoms with van der Waals surface area (Å²) in [5.74, 6) is 1.36. The number of fused-ring (bicyclic) bond motifs is 5. The molecule has 4 aromatic rings. The average molecular weight is 697 g/mol. The van der Waals surface area contributed by atoms with E-state index in [1.807, 2.05) is 0 Å². The Bertz CT molecular complexity index is 2420. The molecule has 0 amide bonds. The van der Waals surface area contributed by atoms with Gasteiger partial charge in [-0.3, -0.25) is 0 Å². The Balaban J connectivity index is 1.24. The van der Waals surface area contributed by atoms with Crippen LogP contribution in [0.3, 0.4) is 0 Å². The minimum absolute atomic E-state index is 0.00516. The smallest absolute Gasteiger partial charge is 0.0124 e. The van der Waals surface area contributed by atoms with Crippen LogP contribution in [0.1, 0.15) is 159 Å². The van der Waals surface area contributed by atoms with E-state index < -0.39 is 0 Å². The topological polar surface area (TPSA) is 0 Å². The standard InChI is InChI=1S/C53H60/c1-29-36-19-16-31-23-34(50(5,6)7)24-32-17-21-39(46(36)44(31)32)47-38-20-15-30(25-41(38)53(13,14)48(29)47)40-26-35(51(8,9)10)28-43-45(40)37-22-18-33(49(2,3)4)27-42(37)52(43,11)12/h15-26,28-29,33,36H,27H2,1-14H3. The largest absolute Gasteiger partial charge is 0.0800 e. The van der Waals surface area contributed by atoms with Crippen LogP contribution in [-0.2, 0) is 21.7 Å². The zero-order valence-corrected chi connectivity index (χ0v) is 34.9. The van der Waals surface area contributed by atoms with Crippen molar-refractivity contribution in [1.29, 1.82) is 0 Å².